The van der Waals surface area contributed by atoms with Crippen molar-refractivity contribution in [2.24, 2.45) is 5.41 Å². The van der Waals surface area contributed by atoms with Gasteiger partial charge in [-0.15, -0.1) is 0 Å². The van der Waals surface area contributed by atoms with E-state index in [0.29, 0.717) is 17.4 Å². The van der Waals surface area contributed by atoms with E-state index in [2.05, 4.69) is 19.1 Å². The summed E-state index contributed by atoms with van der Waals surface area (Å²) in [5.41, 5.74) is 5.41. The van der Waals surface area contributed by atoms with E-state index in [1.54, 1.807) is 6.07 Å². The van der Waals surface area contributed by atoms with E-state index in [-0.39, 0.29) is 5.41 Å². The maximum atomic E-state index is 9.69. The number of hydrogen-bond donors (Lipinski definition) is 2. The van der Waals surface area contributed by atoms with Crippen molar-refractivity contribution >= 4 is 0 Å². The van der Waals surface area contributed by atoms with Crippen LogP contribution in [0.1, 0.15) is 36.8 Å². The second kappa shape index (κ2) is 3.78. The molecule has 0 fully saturated rings. The summed E-state index contributed by atoms with van der Waals surface area (Å²) in [5.74, 6) is 1.21. The van der Waals surface area contributed by atoms with Crippen LogP contribution in [0.15, 0.2) is 53.3 Å². The van der Waals surface area contributed by atoms with Gasteiger partial charge in [0.05, 0.1) is 0 Å². The average Bonchev–Trinajstić information content (AvgIpc) is 2.88. The molecule has 1 spiro atoms. The van der Waals surface area contributed by atoms with Crippen LogP contribution in [0, 0.1) is 5.41 Å². The van der Waals surface area contributed by atoms with E-state index in [0.717, 1.165) is 19.3 Å². The van der Waals surface area contributed by atoms with Gasteiger partial charge in [-0.3, -0.25) is 0 Å². The number of rotatable bonds is 0. The van der Waals surface area contributed by atoms with E-state index >= 15 is 0 Å². The third kappa shape index (κ3) is 1.51. The van der Waals surface area contributed by atoms with Crippen LogP contribution >= 0.6 is 0 Å². The summed E-state index contributed by atoms with van der Waals surface area (Å²) in [6.07, 6.45) is 9.04. The molecule has 0 amide bonds. The molecule has 2 N–H and O–H groups in total. The normalized spacial score (nSPS) is 30.6. The van der Waals surface area contributed by atoms with Gasteiger partial charge in [0.15, 0.2) is 0 Å². The molecule has 20 heavy (non-hydrogen) atoms. The van der Waals surface area contributed by atoms with Gasteiger partial charge in [-0.1, -0.05) is 19.1 Å². The predicted octanol–water partition coefficient (Wildman–Crippen LogP) is 4.14. The van der Waals surface area contributed by atoms with Crippen LogP contribution in [0.4, 0.5) is 0 Å². The van der Waals surface area contributed by atoms with Crippen LogP contribution in [0.3, 0.4) is 0 Å². The fourth-order valence-electron chi connectivity index (χ4n) is 4.12. The lowest BCUT2D eigenvalue weighted by molar-refractivity contribution is 0.356. The Balaban J connectivity index is 1.76. The number of aliphatic hydroxyl groups is 1. The molecule has 0 aliphatic heterocycles. The number of phenolic OH excluding ortho intramolecular Hbond substituents is 1. The van der Waals surface area contributed by atoms with Crippen LogP contribution in [-0.2, 0) is 6.42 Å². The maximum Gasteiger partial charge on any atom is 0.115 e. The molecule has 2 unspecified atom stereocenters. The largest absolute Gasteiger partial charge is 0.508 e. The van der Waals surface area contributed by atoms with Gasteiger partial charge in [-0.2, -0.15) is 0 Å². The lowest BCUT2D eigenvalue weighted by Crippen LogP contribution is -2.19. The molecule has 0 aromatic heterocycles. The van der Waals surface area contributed by atoms with Crippen LogP contribution in [-0.4, -0.2) is 10.2 Å². The number of hydrogen-bond acceptors (Lipinski definition) is 2. The molecule has 0 radical (unpaired) electrons. The van der Waals surface area contributed by atoms with E-state index in [1.165, 1.54) is 22.3 Å². The van der Waals surface area contributed by atoms with Crippen LogP contribution < -0.4 is 0 Å². The number of aromatic hydroxyl groups is 1. The maximum absolute atomic E-state index is 9.69. The molecule has 1 aromatic carbocycles. The monoisotopic (exact) mass is 266 g/mol. The molecule has 3 aliphatic carbocycles. The Labute approximate surface area is 118 Å². The van der Waals surface area contributed by atoms with Gasteiger partial charge in [0, 0.05) is 5.41 Å². The van der Waals surface area contributed by atoms with E-state index in [4.69, 9.17) is 0 Å². The molecule has 1 aromatic rings. The van der Waals surface area contributed by atoms with Crippen LogP contribution in [0.5, 0.6) is 5.75 Å². The van der Waals surface area contributed by atoms with Gasteiger partial charge in [-0.05, 0) is 71.7 Å². The third-order valence-electron chi connectivity index (χ3n) is 5.22. The van der Waals surface area contributed by atoms with E-state index < -0.39 is 0 Å². The SMILES string of the molecule is CC1c2ccc(O)cc2CC12C=C1CC=C(O)C=C1C2. The summed E-state index contributed by atoms with van der Waals surface area (Å²) >= 11 is 0. The molecule has 2 heteroatoms. The highest BCUT2D eigenvalue weighted by Crippen LogP contribution is 2.57. The molecular formula is C18H18O2. The molecule has 0 heterocycles. The minimum atomic E-state index is 0.135. The molecule has 3 aliphatic rings. The topological polar surface area (TPSA) is 40.5 Å². The second-order valence-corrected chi connectivity index (χ2v) is 6.36. The Morgan fingerprint density at radius 2 is 2.00 bits per heavy atom. The fraction of sp³-hybridized carbons (Fsp3) is 0.333. The van der Waals surface area contributed by atoms with Crippen molar-refractivity contribution in [2.45, 2.75) is 32.1 Å². The van der Waals surface area contributed by atoms with Gasteiger partial charge in [0.2, 0.25) is 0 Å². The minimum absolute atomic E-state index is 0.135. The quantitative estimate of drug-likeness (QED) is 0.741. The summed E-state index contributed by atoms with van der Waals surface area (Å²) in [4.78, 5) is 0. The van der Waals surface area contributed by atoms with Gasteiger partial charge in [-0.25, -0.2) is 0 Å². The number of benzene rings is 1. The third-order valence-corrected chi connectivity index (χ3v) is 5.22. The van der Waals surface area contributed by atoms with Gasteiger partial charge in [0.25, 0.3) is 0 Å². The number of fused-ring (bicyclic) bond motifs is 2. The van der Waals surface area contributed by atoms with E-state index in [1.807, 2.05) is 18.2 Å². The molecule has 2 atom stereocenters. The first-order valence-corrected chi connectivity index (χ1v) is 7.21. The first kappa shape index (κ1) is 11.8. The summed E-state index contributed by atoms with van der Waals surface area (Å²) < 4.78 is 0. The number of phenols is 1. The first-order chi connectivity index (χ1) is 9.57. The smallest absolute Gasteiger partial charge is 0.115 e. The second-order valence-electron chi connectivity index (χ2n) is 6.36. The minimum Gasteiger partial charge on any atom is -0.508 e. The van der Waals surface area contributed by atoms with Crippen molar-refractivity contribution in [1.29, 1.82) is 0 Å². The van der Waals surface area contributed by atoms with Crippen LogP contribution in [0.2, 0.25) is 0 Å². The Morgan fingerprint density at radius 3 is 2.85 bits per heavy atom. The Morgan fingerprint density at radius 1 is 1.15 bits per heavy atom. The molecule has 0 bridgehead atoms. The number of allylic oxidation sites excluding steroid dienone is 5. The van der Waals surface area contributed by atoms with Crippen molar-refractivity contribution < 1.29 is 10.2 Å². The number of aliphatic hydroxyl groups excluding tert-OH is 1. The van der Waals surface area contributed by atoms with Crippen molar-refractivity contribution in [3.63, 3.8) is 0 Å². The van der Waals surface area contributed by atoms with Crippen LogP contribution in [0.25, 0.3) is 0 Å². The summed E-state index contributed by atoms with van der Waals surface area (Å²) in [6.45, 7) is 2.28. The van der Waals surface area contributed by atoms with Gasteiger partial charge >= 0.3 is 0 Å². The zero-order valence-corrected chi connectivity index (χ0v) is 11.6. The zero-order chi connectivity index (χ0) is 13.9. The standard InChI is InChI=1S/C18H18O2/c1-11-17-5-4-16(20)7-14(17)10-18(11)8-12-2-3-15(19)6-13(12)9-18/h3-8,11,19-20H,2,9-10H2,1H3. The Kier molecular flexibility index (Phi) is 2.24. The molecule has 4 rings (SSSR count). The summed E-state index contributed by atoms with van der Waals surface area (Å²) in [6, 6.07) is 5.76. The summed E-state index contributed by atoms with van der Waals surface area (Å²) in [5, 5.41) is 19.4. The van der Waals surface area contributed by atoms with E-state index in [9.17, 15) is 10.2 Å². The lowest BCUT2D eigenvalue weighted by atomic mass is 9.76. The molecular weight excluding hydrogens is 248 g/mol. The van der Waals surface area contributed by atoms with Crippen molar-refractivity contribution in [3.05, 3.63) is 64.5 Å². The van der Waals surface area contributed by atoms with Crippen molar-refractivity contribution in [1.82, 2.24) is 0 Å². The summed E-state index contributed by atoms with van der Waals surface area (Å²) in [7, 11) is 0. The highest BCUT2D eigenvalue weighted by atomic mass is 16.3. The first-order valence-electron chi connectivity index (χ1n) is 7.21. The lowest BCUT2D eigenvalue weighted by Gasteiger charge is -2.27. The molecule has 0 saturated heterocycles. The Bertz CT molecular complexity index is 693. The molecule has 0 saturated carbocycles. The van der Waals surface area contributed by atoms with Gasteiger partial charge in [0.1, 0.15) is 11.5 Å². The fourth-order valence-corrected chi connectivity index (χ4v) is 4.12. The molecule has 102 valence electrons. The molecule has 2 nitrogen and oxygen atoms in total. The van der Waals surface area contributed by atoms with Crippen molar-refractivity contribution in [3.8, 4) is 5.75 Å². The highest BCUT2D eigenvalue weighted by molar-refractivity contribution is 5.53. The predicted molar refractivity (Wildman–Crippen MR) is 78.8 cm³/mol. The zero-order valence-electron chi connectivity index (χ0n) is 11.6. The average molecular weight is 266 g/mol. The Hall–Kier alpha value is -1.96. The van der Waals surface area contributed by atoms with Crippen molar-refractivity contribution in [2.75, 3.05) is 0 Å². The van der Waals surface area contributed by atoms with Gasteiger partial charge < -0.3 is 10.2 Å². The highest BCUT2D eigenvalue weighted by Gasteiger charge is 2.46.